The molecule has 15 heteroatoms. The van der Waals surface area contributed by atoms with E-state index in [-0.39, 0.29) is 49.2 Å². The van der Waals surface area contributed by atoms with Gasteiger partial charge in [0.25, 0.3) is 0 Å². The molecular formula is C48H81N3O12. The molecule has 15 nitrogen and oxygen atoms in total. The topological polar surface area (TPSA) is 236 Å². The molecule has 1 fully saturated rings. The van der Waals surface area contributed by atoms with Crippen molar-refractivity contribution in [3.8, 4) is 0 Å². The number of aliphatic hydroxyl groups is 4. The fourth-order valence-electron chi connectivity index (χ4n) is 7.96. The summed E-state index contributed by atoms with van der Waals surface area (Å²) in [6.45, 7) is 21.5. The molecule has 0 saturated carbocycles. The SMILES string of the molecule is C=C/C=C\[C@H](C)[C@H](OC(N)=O)[C@@H](C)[C@H](O)[C@@H](CCCCCOC(=O)NCCCCCCNC(=O)OCC=C)C/C(C)=C\[C@H](C)[C@@H](O)[C@@H](C)/C=C\[C@@H](O)C[C@@H]1OC(=O)[C@H](C)[C@@H](O)[C@H]1C. The van der Waals surface area contributed by atoms with Gasteiger partial charge >= 0.3 is 24.2 Å². The van der Waals surface area contributed by atoms with Gasteiger partial charge in [-0.2, -0.15) is 0 Å². The van der Waals surface area contributed by atoms with Crippen LogP contribution in [0.5, 0.6) is 0 Å². The number of esters is 1. The van der Waals surface area contributed by atoms with E-state index < -0.39 is 72.7 Å². The lowest BCUT2D eigenvalue weighted by Gasteiger charge is -2.36. The Bertz CT molecular complexity index is 1470. The normalized spacial score (nSPS) is 22.4. The first kappa shape index (κ1) is 56.8. The van der Waals surface area contributed by atoms with Crippen LogP contribution in [0.2, 0.25) is 0 Å². The molecule has 360 valence electrons. The average molecular weight is 892 g/mol. The summed E-state index contributed by atoms with van der Waals surface area (Å²) in [5.41, 5.74) is 6.42. The summed E-state index contributed by atoms with van der Waals surface area (Å²) in [5.74, 6) is -3.05. The molecular weight excluding hydrogens is 811 g/mol. The second-order valence-corrected chi connectivity index (χ2v) is 17.4. The van der Waals surface area contributed by atoms with Gasteiger partial charge in [-0.05, 0) is 51.9 Å². The van der Waals surface area contributed by atoms with Crippen molar-refractivity contribution in [3.05, 3.63) is 61.3 Å². The van der Waals surface area contributed by atoms with E-state index in [1.165, 1.54) is 6.08 Å². The van der Waals surface area contributed by atoms with Crippen molar-refractivity contribution < 1.29 is 58.6 Å². The van der Waals surface area contributed by atoms with Gasteiger partial charge in [0, 0.05) is 49.1 Å². The Hall–Kier alpha value is -4.18. The van der Waals surface area contributed by atoms with Crippen molar-refractivity contribution in [3.63, 3.8) is 0 Å². The summed E-state index contributed by atoms with van der Waals surface area (Å²) < 4.78 is 21.2. The lowest BCUT2D eigenvalue weighted by molar-refractivity contribution is -0.179. The van der Waals surface area contributed by atoms with Crippen molar-refractivity contribution in [2.45, 2.75) is 149 Å². The number of amides is 3. The second kappa shape index (κ2) is 31.6. The number of unbranched alkanes of at least 4 members (excludes halogenated alkanes) is 5. The predicted molar refractivity (Wildman–Crippen MR) is 244 cm³/mol. The zero-order valence-electron chi connectivity index (χ0n) is 39.0. The van der Waals surface area contributed by atoms with Gasteiger partial charge in [0.1, 0.15) is 18.8 Å². The van der Waals surface area contributed by atoms with Crippen molar-refractivity contribution in [1.82, 2.24) is 10.6 Å². The lowest BCUT2D eigenvalue weighted by atomic mass is 9.78. The maximum Gasteiger partial charge on any atom is 0.407 e. The first-order valence-corrected chi connectivity index (χ1v) is 22.8. The van der Waals surface area contributed by atoms with Crippen LogP contribution in [0.15, 0.2) is 61.3 Å². The standard InChI is InChI=1S/C48H81N3O12/c1-10-12-20-33(5)44(63-46(49)57)36(8)43(55)38(21-16-15-19-27-61-48(59)51-25-18-14-13-17-24-50-47(58)60-26-11-2)29-31(3)28-34(6)41(53)32(4)22-23-39(52)30-40-35(7)42(54)37(9)45(56)62-40/h10-12,20,22-23,28,32-44,52-55H,1-2,13-19,21,24-27,29-30H2,3-9H3,(H2,49,57)(H,50,58)(H,51,59)/b20-12-,23-22-,31-28-/t32-,33-,34-,35-,36-,37+,38-,39+,40-,41-,42-,43-,44-/m0/s1. The number of alkyl carbamates (subject to hydrolysis) is 2. The molecule has 0 radical (unpaired) electrons. The second-order valence-electron chi connectivity index (χ2n) is 17.4. The first-order chi connectivity index (χ1) is 29.8. The van der Waals surface area contributed by atoms with Crippen molar-refractivity contribution in [2.75, 3.05) is 26.3 Å². The van der Waals surface area contributed by atoms with Gasteiger partial charge in [-0.3, -0.25) is 4.79 Å². The molecule has 0 aromatic rings. The molecule has 1 saturated heterocycles. The molecule has 8 N–H and O–H groups in total. The van der Waals surface area contributed by atoms with E-state index in [1.54, 1.807) is 38.2 Å². The fraction of sp³-hybridized carbons (Fsp3) is 0.708. The summed E-state index contributed by atoms with van der Waals surface area (Å²) >= 11 is 0. The number of primary amides is 1. The molecule has 3 amide bonds. The first-order valence-electron chi connectivity index (χ1n) is 22.8. The average Bonchev–Trinajstić information content (AvgIpc) is 3.24. The van der Waals surface area contributed by atoms with Gasteiger partial charge in [0.15, 0.2) is 0 Å². The summed E-state index contributed by atoms with van der Waals surface area (Å²) in [6.07, 6.45) is 12.1. The van der Waals surface area contributed by atoms with Crippen LogP contribution in [0.4, 0.5) is 14.4 Å². The van der Waals surface area contributed by atoms with Gasteiger partial charge in [-0.1, -0.05) is 122 Å². The van der Waals surface area contributed by atoms with Gasteiger partial charge in [-0.25, -0.2) is 14.4 Å². The highest BCUT2D eigenvalue weighted by Crippen LogP contribution is 2.33. The number of nitrogens with one attached hydrogen (secondary N) is 2. The number of hydrogen-bond donors (Lipinski definition) is 7. The van der Waals surface area contributed by atoms with Crippen LogP contribution in [-0.2, 0) is 23.7 Å². The number of carbonyl (C=O) groups is 4. The van der Waals surface area contributed by atoms with E-state index in [0.717, 1.165) is 44.1 Å². The van der Waals surface area contributed by atoms with Crippen LogP contribution in [0, 0.1) is 41.4 Å². The van der Waals surface area contributed by atoms with Crippen LogP contribution >= 0.6 is 0 Å². The third-order valence-corrected chi connectivity index (χ3v) is 11.9. The zero-order valence-corrected chi connectivity index (χ0v) is 39.0. The lowest BCUT2D eigenvalue weighted by Crippen LogP contribution is -2.47. The van der Waals surface area contributed by atoms with E-state index in [1.807, 2.05) is 46.8 Å². The molecule has 1 rings (SSSR count). The van der Waals surface area contributed by atoms with Gasteiger partial charge in [0.05, 0.1) is 36.9 Å². The predicted octanol–water partition coefficient (Wildman–Crippen LogP) is 7.04. The van der Waals surface area contributed by atoms with E-state index in [2.05, 4.69) is 23.8 Å². The summed E-state index contributed by atoms with van der Waals surface area (Å²) in [4.78, 5) is 47.7. The molecule has 0 unspecified atom stereocenters. The van der Waals surface area contributed by atoms with E-state index >= 15 is 0 Å². The fourth-order valence-corrected chi connectivity index (χ4v) is 7.96. The Labute approximate surface area is 376 Å². The number of hydrogen-bond acceptors (Lipinski definition) is 12. The van der Waals surface area contributed by atoms with E-state index in [4.69, 9.17) is 24.7 Å². The van der Waals surface area contributed by atoms with Crippen LogP contribution in [-0.4, -0.2) is 108 Å². The number of aliphatic hydroxyl groups excluding tert-OH is 4. The Morgan fingerprint density at radius 2 is 1.46 bits per heavy atom. The molecule has 13 atom stereocenters. The quantitative estimate of drug-likeness (QED) is 0.0122. The number of ether oxygens (including phenoxy) is 4. The Balaban J connectivity index is 2.83. The van der Waals surface area contributed by atoms with Crippen molar-refractivity contribution in [2.24, 2.45) is 47.2 Å². The van der Waals surface area contributed by atoms with Gasteiger partial charge in [0.2, 0.25) is 0 Å². The number of rotatable bonds is 31. The number of carbonyl (C=O) groups excluding carboxylic acids is 4. The van der Waals surface area contributed by atoms with E-state index in [9.17, 15) is 39.6 Å². The molecule has 1 heterocycles. The number of cyclic esters (lactones) is 1. The van der Waals surface area contributed by atoms with Crippen LogP contribution in [0.25, 0.3) is 0 Å². The van der Waals surface area contributed by atoms with Crippen molar-refractivity contribution in [1.29, 1.82) is 0 Å². The number of allylic oxidation sites excluding steroid dienone is 3. The Kier molecular flexibility index (Phi) is 28.5. The molecule has 63 heavy (non-hydrogen) atoms. The molecule has 0 aromatic carbocycles. The highest BCUT2D eigenvalue weighted by molar-refractivity contribution is 5.73. The third kappa shape index (κ3) is 22.8. The molecule has 0 spiro atoms. The van der Waals surface area contributed by atoms with Gasteiger partial charge < -0.3 is 55.7 Å². The van der Waals surface area contributed by atoms with Gasteiger partial charge in [-0.15, -0.1) is 0 Å². The van der Waals surface area contributed by atoms with Crippen LogP contribution < -0.4 is 16.4 Å². The maximum absolute atomic E-state index is 12.2. The molecule has 0 aromatic heterocycles. The highest BCUT2D eigenvalue weighted by atomic mass is 16.6. The summed E-state index contributed by atoms with van der Waals surface area (Å²) in [7, 11) is 0. The molecule has 1 aliphatic rings. The highest BCUT2D eigenvalue weighted by Gasteiger charge is 2.41. The summed E-state index contributed by atoms with van der Waals surface area (Å²) in [5, 5.41) is 49.7. The van der Waals surface area contributed by atoms with Crippen LogP contribution in [0.1, 0.15) is 113 Å². The number of nitrogens with two attached hydrogens (primary N) is 1. The minimum atomic E-state index is -0.942. The van der Waals surface area contributed by atoms with Crippen LogP contribution in [0.3, 0.4) is 0 Å². The Morgan fingerprint density at radius 3 is 2.06 bits per heavy atom. The maximum atomic E-state index is 12.2. The minimum absolute atomic E-state index is 0.129. The molecule has 1 aliphatic heterocycles. The molecule has 0 bridgehead atoms. The van der Waals surface area contributed by atoms with Crippen molar-refractivity contribution >= 4 is 24.2 Å². The van der Waals surface area contributed by atoms with E-state index in [0.29, 0.717) is 32.4 Å². The summed E-state index contributed by atoms with van der Waals surface area (Å²) in [6, 6.07) is 0. The smallest absolute Gasteiger partial charge is 0.407 e. The third-order valence-electron chi connectivity index (χ3n) is 11.9. The zero-order chi connectivity index (χ0) is 47.5. The largest absolute Gasteiger partial charge is 0.462 e. The minimum Gasteiger partial charge on any atom is -0.462 e. The monoisotopic (exact) mass is 892 g/mol. The molecule has 0 aliphatic carbocycles. The Morgan fingerprint density at radius 1 is 0.841 bits per heavy atom.